The van der Waals surface area contributed by atoms with Crippen LogP contribution in [0.4, 0.5) is 0 Å². The van der Waals surface area contributed by atoms with Crippen LogP contribution in [0, 0.1) is 0 Å². The van der Waals surface area contributed by atoms with Crippen molar-refractivity contribution in [3.05, 3.63) is 59.7 Å². The van der Waals surface area contributed by atoms with E-state index in [1.165, 1.54) is 0 Å². The zero-order valence-corrected chi connectivity index (χ0v) is 12.4. The molecule has 5 nitrogen and oxygen atoms in total. The standard InChI is InChI=1S/C17H19N3O2/c21-17(22)15-3-1-2-13(10-15)12-20-8-4-14(5-9-20)16-11-18-6-7-19-16/h1-3,6-7,10-11,14H,4-5,8-9,12H2,(H,21,22). The van der Waals surface area contributed by atoms with E-state index in [9.17, 15) is 4.79 Å². The summed E-state index contributed by atoms with van der Waals surface area (Å²) in [6.07, 6.45) is 7.44. The first-order chi connectivity index (χ1) is 10.7. The molecule has 0 aliphatic carbocycles. The number of carboxylic acids is 1. The molecular weight excluding hydrogens is 278 g/mol. The van der Waals surface area contributed by atoms with Crippen molar-refractivity contribution in [3.8, 4) is 0 Å². The Balaban J connectivity index is 1.58. The van der Waals surface area contributed by atoms with E-state index < -0.39 is 5.97 Å². The SMILES string of the molecule is O=C(O)c1cccc(CN2CCC(c3cnccn3)CC2)c1. The van der Waals surface area contributed by atoms with Crippen LogP contribution in [0.25, 0.3) is 0 Å². The molecule has 1 aromatic heterocycles. The molecule has 1 aliphatic rings. The highest BCUT2D eigenvalue weighted by atomic mass is 16.4. The van der Waals surface area contributed by atoms with Gasteiger partial charge < -0.3 is 5.11 Å². The highest BCUT2D eigenvalue weighted by Gasteiger charge is 2.21. The summed E-state index contributed by atoms with van der Waals surface area (Å²) in [6.45, 7) is 2.80. The highest BCUT2D eigenvalue weighted by molar-refractivity contribution is 5.87. The minimum absolute atomic E-state index is 0.354. The number of nitrogens with zero attached hydrogens (tertiary/aromatic N) is 3. The first-order valence-corrected chi connectivity index (χ1v) is 7.53. The summed E-state index contributed by atoms with van der Waals surface area (Å²) in [6, 6.07) is 7.19. The van der Waals surface area contributed by atoms with E-state index in [0.29, 0.717) is 11.5 Å². The maximum atomic E-state index is 11.0. The molecule has 0 saturated carbocycles. The number of likely N-dealkylation sites (tertiary alicyclic amines) is 1. The van der Waals surface area contributed by atoms with Crippen LogP contribution in [0.3, 0.4) is 0 Å². The molecule has 1 saturated heterocycles. The van der Waals surface area contributed by atoms with Gasteiger partial charge in [-0.1, -0.05) is 12.1 Å². The summed E-state index contributed by atoms with van der Waals surface area (Å²) in [4.78, 5) is 21.9. The van der Waals surface area contributed by atoms with Crippen LogP contribution in [-0.2, 0) is 6.54 Å². The Labute approximate surface area is 129 Å². The van der Waals surface area contributed by atoms with Gasteiger partial charge in [0.2, 0.25) is 0 Å². The third-order valence-corrected chi connectivity index (χ3v) is 4.17. The maximum absolute atomic E-state index is 11.0. The quantitative estimate of drug-likeness (QED) is 0.939. The Bertz CT molecular complexity index is 637. The molecule has 0 radical (unpaired) electrons. The number of piperidine rings is 1. The topological polar surface area (TPSA) is 66.3 Å². The molecule has 1 N–H and O–H groups in total. The van der Waals surface area contributed by atoms with Gasteiger partial charge in [-0.25, -0.2) is 4.79 Å². The maximum Gasteiger partial charge on any atom is 0.335 e. The lowest BCUT2D eigenvalue weighted by Crippen LogP contribution is -2.32. The Hall–Kier alpha value is -2.27. The summed E-state index contributed by atoms with van der Waals surface area (Å²) in [5.74, 6) is -0.390. The first-order valence-electron chi connectivity index (χ1n) is 7.53. The van der Waals surface area contributed by atoms with Crippen LogP contribution in [0.15, 0.2) is 42.9 Å². The van der Waals surface area contributed by atoms with E-state index in [1.807, 2.05) is 18.3 Å². The third kappa shape index (κ3) is 3.49. The second-order valence-corrected chi connectivity index (χ2v) is 5.69. The van der Waals surface area contributed by atoms with Crippen molar-refractivity contribution in [3.63, 3.8) is 0 Å². The van der Waals surface area contributed by atoms with E-state index in [-0.39, 0.29) is 0 Å². The van der Waals surface area contributed by atoms with Gasteiger partial charge in [0, 0.05) is 31.1 Å². The molecule has 0 unspecified atom stereocenters. The number of carboxylic acid groups (broad SMARTS) is 1. The van der Waals surface area contributed by atoms with Gasteiger partial charge >= 0.3 is 5.97 Å². The lowest BCUT2D eigenvalue weighted by Gasteiger charge is -2.31. The average Bonchev–Trinajstić information content (AvgIpc) is 2.56. The van der Waals surface area contributed by atoms with Gasteiger partial charge in [0.25, 0.3) is 0 Å². The van der Waals surface area contributed by atoms with Crippen LogP contribution in [0.2, 0.25) is 0 Å². The number of aromatic carboxylic acids is 1. The molecule has 114 valence electrons. The molecule has 2 aromatic rings. The molecule has 0 spiro atoms. The van der Waals surface area contributed by atoms with Gasteiger partial charge in [0.1, 0.15) is 0 Å². The summed E-state index contributed by atoms with van der Waals surface area (Å²) >= 11 is 0. The van der Waals surface area contributed by atoms with Gasteiger partial charge in [-0.05, 0) is 43.6 Å². The summed E-state index contributed by atoms with van der Waals surface area (Å²) in [5.41, 5.74) is 2.49. The summed E-state index contributed by atoms with van der Waals surface area (Å²) in [7, 11) is 0. The Morgan fingerprint density at radius 1 is 1.27 bits per heavy atom. The molecule has 22 heavy (non-hydrogen) atoms. The van der Waals surface area contributed by atoms with E-state index in [4.69, 9.17) is 5.11 Å². The lowest BCUT2D eigenvalue weighted by molar-refractivity contribution is 0.0696. The van der Waals surface area contributed by atoms with Gasteiger partial charge in [-0.3, -0.25) is 14.9 Å². The van der Waals surface area contributed by atoms with Crippen LogP contribution in [-0.4, -0.2) is 39.0 Å². The van der Waals surface area contributed by atoms with E-state index in [2.05, 4.69) is 14.9 Å². The van der Waals surface area contributed by atoms with Gasteiger partial charge in [0.15, 0.2) is 0 Å². The normalized spacial score (nSPS) is 16.5. The van der Waals surface area contributed by atoms with Crippen molar-refractivity contribution in [2.24, 2.45) is 0 Å². The molecule has 1 aromatic carbocycles. The molecule has 5 heteroatoms. The van der Waals surface area contributed by atoms with Crippen molar-refractivity contribution >= 4 is 5.97 Å². The van der Waals surface area contributed by atoms with Gasteiger partial charge in [0.05, 0.1) is 11.3 Å². The highest BCUT2D eigenvalue weighted by Crippen LogP contribution is 2.26. The molecule has 2 heterocycles. The monoisotopic (exact) mass is 297 g/mol. The molecule has 0 amide bonds. The fourth-order valence-electron chi connectivity index (χ4n) is 2.97. The number of rotatable bonds is 4. The number of hydrogen-bond acceptors (Lipinski definition) is 4. The van der Waals surface area contributed by atoms with Crippen LogP contribution < -0.4 is 0 Å². The second kappa shape index (κ2) is 6.66. The zero-order chi connectivity index (χ0) is 15.4. The van der Waals surface area contributed by atoms with Crippen LogP contribution >= 0.6 is 0 Å². The molecular formula is C17H19N3O2. The van der Waals surface area contributed by atoms with Gasteiger partial charge in [-0.2, -0.15) is 0 Å². The van der Waals surface area contributed by atoms with E-state index in [0.717, 1.165) is 43.7 Å². The lowest BCUT2D eigenvalue weighted by atomic mass is 9.93. The molecule has 0 bridgehead atoms. The molecule has 3 rings (SSSR count). The van der Waals surface area contributed by atoms with Crippen molar-refractivity contribution in [2.75, 3.05) is 13.1 Å². The third-order valence-electron chi connectivity index (χ3n) is 4.17. The van der Waals surface area contributed by atoms with Crippen molar-refractivity contribution < 1.29 is 9.90 Å². The van der Waals surface area contributed by atoms with E-state index >= 15 is 0 Å². The molecule has 0 atom stereocenters. The van der Waals surface area contributed by atoms with Crippen LogP contribution in [0.5, 0.6) is 0 Å². The van der Waals surface area contributed by atoms with E-state index in [1.54, 1.807) is 24.5 Å². The summed E-state index contributed by atoms with van der Waals surface area (Å²) < 4.78 is 0. The van der Waals surface area contributed by atoms with Crippen LogP contribution in [0.1, 0.15) is 40.4 Å². The summed E-state index contributed by atoms with van der Waals surface area (Å²) in [5, 5.41) is 9.05. The number of aromatic nitrogens is 2. The number of benzene rings is 1. The smallest absolute Gasteiger partial charge is 0.335 e. The minimum Gasteiger partial charge on any atom is -0.478 e. The predicted octanol–water partition coefficient (Wildman–Crippen LogP) is 2.55. The Kier molecular flexibility index (Phi) is 4.44. The largest absolute Gasteiger partial charge is 0.478 e. The number of hydrogen-bond donors (Lipinski definition) is 1. The first kappa shape index (κ1) is 14.7. The van der Waals surface area contributed by atoms with Gasteiger partial charge in [-0.15, -0.1) is 0 Å². The predicted molar refractivity (Wildman–Crippen MR) is 82.7 cm³/mol. The second-order valence-electron chi connectivity index (χ2n) is 5.69. The minimum atomic E-state index is -0.872. The van der Waals surface area contributed by atoms with Crippen molar-refractivity contribution in [2.45, 2.75) is 25.3 Å². The fourth-order valence-corrected chi connectivity index (χ4v) is 2.97. The van der Waals surface area contributed by atoms with Crippen molar-refractivity contribution in [1.82, 2.24) is 14.9 Å². The fraction of sp³-hybridized carbons (Fsp3) is 0.353. The Morgan fingerprint density at radius 3 is 2.77 bits per heavy atom. The molecule has 1 aliphatic heterocycles. The van der Waals surface area contributed by atoms with Crippen molar-refractivity contribution in [1.29, 1.82) is 0 Å². The number of carbonyl (C=O) groups is 1. The Morgan fingerprint density at radius 2 is 2.09 bits per heavy atom. The molecule has 1 fully saturated rings. The zero-order valence-electron chi connectivity index (χ0n) is 12.4. The average molecular weight is 297 g/mol.